The van der Waals surface area contributed by atoms with E-state index in [0.29, 0.717) is 38.9 Å². The second-order valence-electron chi connectivity index (χ2n) is 22.6. The van der Waals surface area contributed by atoms with E-state index in [-0.39, 0.29) is 63.4 Å². The standard InChI is InChI=1S/C38H53N3O9.C18H35N3O5.CH3F/c1-37(2,3)49-34(44)23-31(35(45)39-20-14-21-40(7)36(46)50-38(4,5)6)41(8)32(42)25-47-22-13-19-33(43)48-24-30-28-17-11-9-15-26(28)27-16-10-12-18-29(27)30;1-17(2,3)25-14(22)12-13(19-7)15(23)20-10-9-11-21(8)16(24)26-18(4,5)6;1-2/h9-12,15-18,30-31H,13-14,19-25H2,1-8H3,(H,39,45);13,19H,9-12H2,1-8H3,(H,20,23);1H3/t31-;13-;/m00./s1/i;;1D. The number of nitrogens with zero attached hydrogens (tertiary/aromatic N) is 3. The van der Waals surface area contributed by atoms with Crippen molar-refractivity contribution in [1.82, 2.24) is 30.7 Å². The van der Waals surface area contributed by atoms with Crippen molar-refractivity contribution in [3.63, 3.8) is 0 Å². The largest absolute Gasteiger partial charge is 0.465 e. The topological polar surface area (TPSA) is 238 Å². The first-order valence-corrected chi connectivity index (χ1v) is 26.2. The molecule has 2 atom stereocenters. The number of benzene rings is 2. The SMILES string of the molecule is CN(CCCNC(=O)[C@H](CC(=O)OC(C)(C)C)N(C)C(=O)COCCCC(=O)OCC1c2ccccc2-c2ccccc21)C(=O)OC(C)(C)C.CN[C@@H](CC(=O)OC(C)(C)C)C(=O)NCCCN(C)C(=O)OC(C)(C)C.[2H]CF. The van der Waals surface area contributed by atoms with E-state index in [0.717, 1.165) is 27.2 Å². The van der Waals surface area contributed by atoms with E-state index >= 15 is 0 Å². The third kappa shape index (κ3) is 27.8. The van der Waals surface area contributed by atoms with Gasteiger partial charge in [-0.15, -0.1) is 0 Å². The maximum Gasteiger partial charge on any atom is 0.410 e. The molecular formula is C57H91FN6O14. The molecule has 0 radical (unpaired) electrons. The van der Waals surface area contributed by atoms with Crippen LogP contribution < -0.4 is 16.0 Å². The lowest BCUT2D eigenvalue weighted by molar-refractivity contribution is -0.159. The Kier molecular flexibility index (Phi) is 28.8. The van der Waals surface area contributed by atoms with Gasteiger partial charge in [-0.25, -0.2) is 9.59 Å². The monoisotopic (exact) mass is 1100 g/mol. The van der Waals surface area contributed by atoms with E-state index < -0.39 is 77.6 Å². The minimum atomic E-state index is -1.15. The van der Waals surface area contributed by atoms with Crippen molar-refractivity contribution in [2.45, 2.75) is 162 Å². The number of rotatable bonds is 24. The number of hydrogen-bond acceptors (Lipinski definition) is 15. The summed E-state index contributed by atoms with van der Waals surface area (Å²) in [6.07, 6.45) is 0.176. The van der Waals surface area contributed by atoms with Crippen molar-refractivity contribution >= 4 is 47.8 Å². The molecule has 0 fully saturated rings. The molecule has 3 rings (SSSR count). The third-order valence-electron chi connectivity index (χ3n) is 11.0. The van der Waals surface area contributed by atoms with Gasteiger partial charge in [0.15, 0.2) is 0 Å². The zero-order chi connectivity index (χ0) is 60.3. The lowest BCUT2D eigenvalue weighted by atomic mass is 9.98. The molecule has 0 aromatic heterocycles. The van der Waals surface area contributed by atoms with Crippen LogP contribution in [0.4, 0.5) is 14.0 Å². The average Bonchev–Trinajstić information content (AvgIpc) is 3.65. The van der Waals surface area contributed by atoms with Gasteiger partial charge in [-0.2, -0.15) is 0 Å². The summed E-state index contributed by atoms with van der Waals surface area (Å²) in [6.45, 7) is 22.6. The minimum absolute atomic E-state index is 0.0276. The van der Waals surface area contributed by atoms with Gasteiger partial charge < -0.3 is 59.1 Å². The summed E-state index contributed by atoms with van der Waals surface area (Å²) in [5, 5.41) is 8.32. The highest BCUT2D eigenvalue weighted by molar-refractivity contribution is 5.91. The van der Waals surface area contributed by atoms with Crippen LogP contribution in [0.5, 0.6) is 0 Å². The molecule has 2 aromatic rings. The van der Waals surface area contributed by atoms with E-state index in [1.165, 1.54) is 16.8 Å². The summed E-state index contributed by atoms with van der Waals surface area (Å²) in [6, 6.07) is 14.4. The second kappa shape index (κ2) is 33.2. The van der Waals surface area contributed by atoms with E-state index in [4.69, 9.17) is 29.8 Å². The Hall–Kier alpha value is -6.35. The molecule has 78 heavy (non-hydrogen) atoms. The maximum atomic E-state index is 13.2. The summed E-state index contributed by atoms with van der Waals surface area (Å²) in [4.78, 5) is 104. The van der Waals surface area contributed by atoms with Crippen LogP contribution in [-0.2, 0) is 57.2 Å². The summed E-state index contributed by atoms with van der Waals surface area (Å²) in [7, 11) is 5.29. The van der Waals surface area contributed by atoms with Crippen molar-refractivity contribution in [2.75, 3.05) is 81.3 Å². The van der Waals surface area contributed by atoms with Gasteiger partial charge >= 0.3 is 30.1 Å². The van der Waals surface area contributed by atoms with Gasteiger partial charge in [0, 0.05) is 66.3 Å². The summed E-state index contributed by atoms with van der Waals surface area (Å²) in [5.41, 5.74) is 2.05. The molecule has 0 saturated carbocycles. The Labute approximate surface area is 463 Å². The molecule has 0 spiro atoms. The van der Waals surface area contributed by atoms with Crippen molar-refractivity contribution in [1.29, 1.82) is 0 Å². The van der Waals surface area contributed by atoms with Crippen molar-refractivity contribution < 1.29 is 72.5 Å². The molecule has 0 aliphatic heterocycles. The fourth-order valence-corrected chi connectivity index (χ4v) is 7.42. The van der Waals surface area contributed by atoms with Gasteiger partial charge in [0.05, 0.1) is 27.4 Å². The number of ether oxygens (including phenoxy) is 6. The van der Waals surface area contributed by atoms with Crippen LogP contribution in [0.1, 0.15) is 140 Å². The number of nitrogens with one attached hydrogen (secondary N) is 3. The smallest absolute Gasteiger partial charge is 0.410 e. The Balaban J connectivity index is 0.000000905. The number of alkyl halides is 1. The first-order chi connectivity index (χ1) is 36.6. The van der Waals surface area contributed by atoms with Gasteiger partial charge in [0.25, 0.3) is 0 Å². The molecule has 0 unspecified atom stereocenters. The molecule has 1 aliphatic rings. The highest BCUT2D eigenvalue weighted by Gasteiger charge is 2.33. The quantitative estimate of drug-likeness (QED) is 0.0530. The molecule has 0 bridgehead atoms. The predicted octanol–water partition coefficient (Wildman–Crippen LogP) is 7.34. The number of likely N-dealkylation sites (N-methyl/N-ethyl adjacent to an activating group) is 2. The van der Waals surface area contributed by atoms with Crippen LogP contribution >= 0.6 is 0 Å². The molecule has 3 N–H and O–H groups in total. The lowest BCUT2D eigenvalue weighted by Gasteiger charge is -2.28. The van der Waals surface area contributed by atoms with Crippen LogP contribution in [-0.4, -0.2) is 178 Å². The second-order valence-corrected chi connectivity index (χ2v) is 22.6. The number of hydrogen-bond donors (Lipinski definition) is 3. The van der Waals surface area contributed by atoms with E-state index in [2.05, 4.69) is 40.2 Å². The average molecular weight is 1100 g/mol. The van der Waals surface area contributed by atoms with Crippen molar-refractivity contribution in [3.8, 4) is 11.1 Å². The third-order valence-corrected chi connectivity index (χ3v) is 11.0. The maximum absolute atomic E-state index is 13.2. The van der Waals surface area contributed by atoms with E-state index in [1.807, 2.05) is 45.0 Å². The predicted molar refractivity (Wildman–Crippen MR) is 295 cm³/mol. The molecular weight excluding hydrogens is 1010 g/mol. The Morgan fingerprint density at radius 1 is 0.615 bits per heavy atom. The van der Waals surface area contributed by atoms with Crippen LogP contribution in [0, 0.1) is 0 Å². The van der Waals surface area contributed by atoms with Crippen LogP contribution in [0.15, 0.2) is 48.5 Å². The minimum Gasteiger partial charge on any atom is -0.465 e. The fourth-order valence-electron chi connectivity index (χ4n) is 7.42. The summed E-state index contributed by atoms with van der Waals surface area (Å²) < 4.78 is 47.9. The van der Waals surface area contributed by atoms with Gasteiger partial charge in [0.1, 0.15) is 41.7 Å². The van der Waals surface area contributed by atoms with E-state index in [9.17, 15) is 42.7 Å². The first kappa shape index (κ1) is 67.8. The molecule has 2 aromatic carbocycles. The molecule has 1 aliphatic carbocycles. The molecule has 21 heteroatoms. The van der Waals surface area contributed by atoms with E-state index in [1.54, 1.807) is 83.5 Å². The zero-order valence-electron chi connectivity index (χ0n) is 50.2. The fraction of sp³-hybridized carbons (Fsp3) is 0.649. The molecule has 440 valence electrons. The molecule has 0 saturated heterocycles. The zero-order valence-corrected chi connectivity index (χ0v) is 49.2. The number of esters is 3. The first-order valence-electron chi connectivity index (χ1n) is 26.9. The Morgan fingerprint density at radius 3 is 1.47 bits per heavy atom. The summed E-state index contributed by atoms with van der Waals surface area (Å²) in [5.74, 6) is -2.78. The molecule has 20 nitrogen and oxygen atoms in total. The Bertz CT molecular complexity index is 2230. The van der Waals surface area contributed by atoms with Gasteiger partial charge in [0.2, 0.25) is 17.7 Å². The molecule has 0 heterocycles. The van der Waals surface area contributed by atoms with Gasteiger partial charge in [-0.1, -0.05) is 48.5 Å². The lowest BCUT2D eigenvalue weighted by Crippen LogP contribution is -2.50. The van der Waals surface area contributed by atoms with Crippen LogP contribution in [0.2, 0.25) is 0 Å². The highest BCUT2D eigenvalue weighted by Crippen LogP contribution is 2.44. The normalized spacial score (nSPS) is 12.9. The number of fused-ring (bicyclic) bond motifs is 3. The number of carbonyl (C=O) groups is 8. The molecule has 5 amide bonds. The number of carbonyl (C=O) groups excluding carboxylic acids is 8. The van der Waals surface area contributed by atoms with Crippen molar-refractivity contribution in [2.24, 2.45) is 0 Å². The van der Waals surface area contributed by atoms with Crippen molar-refractivity contribution in [3.05, 3.63) is 59.7 Å². The van der Waals surface area contributed by atoms with Gasteiger partial charge in [-0.3, -0.25) is 33.2 Å². The van der Waals surface area contributed by atoms with Crippen LogP contribution in [0.3, 0.4) is 0 Å². The summed E-state index contributed by atoms with van der Waals surface area (Å²) >= 11 is 0. The Morgan fingerprint density at radius 2 is 1.04 bits per heavy atom. The highest BCUT2D eigenvalue weighted by atomic mass is 19.1. The number of halogens is 1. The number of amides is 5. The van der Waals surface area contributed by atoms with Gasteiger partial charge in [-0.05, 0) is 132 Å². The van der Waals surface area contributed by atoms with Crippen LogP contribution in [0.25, 0.3) is 11.1 Å².